The quantitative estimate of drug-likeness (QED) is 0.490. The normalized spacial score (nSPS) is 11.1. The van der Waals surface area contributed by atoms with Crippen molar-refractivity contribution >= 4 is 27.6 Å². The van der Waals surface area contributed by atoms with Gasteiger partial charge in [-0.15, -0.1) is 0 Å². The van der Waals surface area contributed by atoms with Gasteiger partial charge in [-0.1, -0.05) is 0 Å². The summed E-state index contributed by atoms with van der Waals surface area (Å²) in [5.74, 6) is -1.49. The Kier molecular flexibility index (Phi) is 5.74. The van der Waals surface area contributed by atoms with Crippen molar-refractivity contribution in [2.75, 3.05) is 11.3 Å². The lowest BCUT2D eigenvalue weighted by atomic mass is 10.2. The van der Waals surface area contributed by atoms with E-state index in [4.69, 9.17) is 15.6 Å². The van der Waals surface area contributed by atoms with Crippen molar-refractivity contribution in [3.63, 3.8) is 0 Å². The molecule has 0 saturated heterocycles. The molecule has 3 aromatic rings. The summed E-state index contributed by atoms with van der Waals surface area (Å²) >= 11 is 0. The third-order valence-electron chi connectivity index (χ3n) is 4.03. The zero-order chi connectivity index (χ0) is 21.9. The molecule has 4 N–H and O–H groups in total. The number of hydrogen-bond acceptors (Lipinski definition) is 6. The van der Waals surface area contributed by atoms with Crippen molar-refractivity contribution in [1.82, 2.24) is 9.78 Å². The molecule has 11 heteroatoms. The average molecular weight is 430 g/mol. The van der Waals surface area contributed by atoms with E-state index in [1.165, 1.54) is 28.9 Å². The van der Waals surface area contributed by atoms with Crippen LogP contribution in [0.2, 0.25) is 0 Å². The number of carbonyl (C=O) groups is 2. The molecule has 0 atom stereocenters. The van der Waals surface area contributed by atoms with Gasteiger partial charge in [0.1, 0.15) is 11.4 Å². The molecule has 10 nitrogen and oxygen atoms in total. The first-order valence-corrected chi connectivity index (χ1v) is 10.1. The Labute approximate surface area is 171 Å². The summed E-state index contributed by atoms with van der Waals surface area (Å²) in [5, 5.41) is 12.7. The molecule has 0 radical (unpaired) electrons. The van der Waals surface area contributed by atoms with Gasteiger partial charge >= 0.3 is 5.97 Å². The van der Waals surface area contributed by atoms with Gasteiger partial charge in [-0.05, 0) is 61.0 Å². The fourth-order valence-electron chi connectivity index (χ4n) is 2.59. The van der Waals surface area contributed by atoms with Crippen LogP contribution < -0.4 is 15.2 Å². The second-order valence-corrected chi connectivity index (χ2v) is 7.95. The lowest BCUT2D eigenvalue weighted by Crippen LogP contribution is -2.14. The van der Waals surface area contributed by atoms with Crippen LogP contribution in [0.3, 0.4) is 0 Å². The molecule has 0 unspecified atom stereocenters. The number of aromatic nitrogens is 2. The third kappa shape index (κ3) is 4.75. The molecular weight excluding hydrogens is 412 g/mol. The Hall–Kier alpha value is -3.86. The maximum atomic E-state index is 12.6. The summed E-state index contributed by atoms with van der Waals surface area (Å²) in [7, 11) is -3.87. The number of benzene rings is 2. The first kappa shape index (κ1) is 20.9. The van der Waals surface area contributed by atoms with Gasteiger partial charge in [0.2, 0.25) is 0 Å². The molecular formula is C19H18N4O6S. The topological polar surface area (TPSA) is 154 Å². The van der Waals surface area contributed by atoms with Gasteiger partial charge in [0.25, 0.3) is 15.9 Å². The van der Waals surface area contributed by atoms with Crippen LogP contribution in [0.15, 0.2) is 59.6 Å². The van der Waals surface area contributed by atoms with Gasteiger partial charge in [-0.25, -0.2) is 17.9 Å². The van der Waals surface area contributed by atoms with Gasteiger partial charge in [0, 0.05) is 11.9 Å². The fourth-order valence-corrected chi connectivity index (χ4v) is 3.73. The SMILES string of the molecule is Cc1cc(S(=O)(=O)Nc2ccc(-n3ccc(C(N)=O)n3)cc2)ccc1OCC(=O)O. The van der Waals surface area contributed by atoms with Gasteiger partial charge < -0.3 is 15.6 Å². The molecule has 30 heavy (non-hydrogen) atoms. The maximum Gasteiger partial charge on any atom is 0.341 e. The molecule has 3 rings (SSSR count). The number of ether oxygens (including phenoxy) is 1. The molecule has 0 saturated carbocycles. The summed E-state index contributed by atoms with van der Waals surface area (Å²) in [6.07, 6.45) is 1.57. The number of primary amides is 1. The smallest absolute Gasteiger partial charge is 0.341 e. The monoisotopic (exact) mass is 430 g/mol. The number of nitrogens with zero attached hydrogens (tertiary/aromatic N) is 2. The number of nitrogens with two attached hydrogens (primary N) is 1. The van der Waals surface area contributed by atoms with E-state index in [0.717, 1.165) is 0 Å². The molecule has 1 amide bonds. The number of carboxylic acid groups (broad SMARTS) is 1. The number of aliphatic carboxylic acids is 1. The van der Waals surface area contributed by atoms with E-state index < -0.39 is 28.5 Å². The zero-order valence-corrected chi connectivity index (χ0v) is 16.6. The first-order valence-electron chi connectivity index (χ1n) is 8.60. The second-order valence-electron chi connectivity index (χ2n) is 6.27. The average Bonchev–Trinajstić information content (AvgIpc) is 3.17. The Bertz CT molecular complexity index is 1200. The molecule has 2 aromatic carbocycles. The van der Waals surface area contributed by atoms with Gasteiger partial charge in [0.05, 0.1) is 10.6 Å². The van der Waals surface area contributed by atoms with Crippen LogP contribution in [0.5, 0.6) is 5.75 Å². The molecule has 0 aliphatic rings. The van der Waals surface area contributed by atoms with Crippen molar-refractivity contribution < 1.29 is 27.9 Å². The third-order valence-corrected chi connectivity index (χ3v) is 5.41. The van der Waals surface area contributed by atoms with E-state index >= 15 is 0 Å². The molecule has 0 bridgehead atoms. The van der Waals surface area contributed by atoms with E-state index in [-0.39, 0.29) is 16.3 Å². The maximum absolute atomic E-state index is 12.6. The van der Waals surface area contributed by atoms with Crippen molar-refractivity contribution in [3.05, 3.63) is 66.0 Å². The number of aryl methyl sites for hydroxylation is 1. The van der Waals surface area contributed by atoms with E-state index in [1.807, 2.05) is 0 Å². The minimum absolute atomic E-state index is 0.00456. The van der Waals surface area contributed by atoms with Crippen LogP contribution in [-0.4, -0.2) is 41.8 Å². The largest absolute Gasteiger partial charge is 0.482 e. The van der Waals surface area contributed by atoms with E-state index in [1.54, 1.807) is 37.4 Å². The minimum atomic E-state index is -3.87. The highest BCUT2D eigenvalue weighted by Crippen LogP contribution is 2.24. The molecule has 1 heterocycles. The standard InChI is InChI=1S/C19H18N4O6S/c1-12-10-15(6-7-17(12)29-11-18(24)25)30(27,28)22-13-2-4-14(5-3-13)23-9-8-16(21-23)19(20)26/h2-10,22H,11H2,1H3,(H2,20,26)(H,24,25). The van der Waals surface area contributed by atoms with Crippen LogP contribution >= 0.6 is 0 Å². The second kappa shape index (κ2) is 8.25. The van der Waals surface area contributed by atoms with Crippen molar-refractivity contribution in [3.8, 4) is 11.4 Å². The van der Waals surface area contributed by atoms with E-state index in [0.29, 0.717) is 16.9 Å². The van der Waals surface area contributed by atoms with Crippen molar-refractivity contribution in [2.45, 2.75) is 11.8 Å². The number of hydrogen-bond donors (Lipinski definition) is 3. The minimum Gasteiger partial charge on any atom is -0.482 e. The molecule has 0 fully saturated rings. The van der Waals surface area contributed by atoms with Crippen LogP contribution in [0.25, 0.3) is 5.69 Å². The van der Waals surface area contributed by atoms with Crippen LogP contribution in [0.1, 0.15) is 16.1 Å². The molecule has 0 spiro atoms. The van der Waals surface area contributed by atoms with E-state index in [2.05, 4.69) is 9.82 Å². The zero-order valence-electron chi connectivity index (χ0n) is 15.8. The fraction of sp³-hybridized carbons (Fsp3) is 0.105. The van der Waals surface area contributed by atoms with Crippen LogP contribution in [0, 0.1) is 6.92 Å². The van der Waals surface area contributed by atoms with Crippen LogP contribution in [0.4, 0.5) is 5.69 Å². The number of rotatable bonds is 8. The first-order chi connectivity index (χ1) is 14.2. The Morgan fingerprint density at radius 1 is 1.17 bits per heavy atom. The number of amides is 1. The molecule has 0 aliphatic carbocycles. The summed E-state index contributed by atoms with van der Waals surface area (Å²) in [4.78, 5) is 21.7. The summed E-state index contributed by atoms with van der Waals surface area (Å²) in [6, 6.07) is 12.0. The summed E-state index contributed by atoms with van der Waals surface area (Å²) in [6.45, 7) is 1.10. The number of carboxylic acids is 1. The predicted octanol–water partition coefficient (Wildman–Crippen LogP) is 1.54. The van der Waals surface area contributed by atoms with Crippen molar-refractivity contribution in [2.24, 2.45) is 5.73 Å². The highest BCUT2D eigenvalue weighted by atomic mass is 32.2. The highest BCUT2D eigenvalue weighted by molar-refractivity contribution is 7.92. The van der Waals surface area contributed by atoms with Crippen molar-refractivity contribution in [1.29, 1.82) is 0 Å². The van der Waals surface area contributed by atoms with Gasteiger partial charge in [0.15, 0.2) is 6.61 Å². The predicted molar refractivity (Wildman–Crippen MR) is 107 cm³/mol. The number of nitrogens with one attached hydrogen (secondary N) is 1. The summed E-state index contributed by atoms with van der Waals surface area (Å²) < 4.78 is 34.3. The molecule has 156 valence electrons. The van der Waals surface area contributed by atoms with E-state index in [9.17, 15) is 18.0 Å². The number of sulfonamides is 1. The highest BCUT2D eigenvalue weighted by Gasteiger charge is 2.16. The van der Waals surface area contributed by atoms with Gasteiger partial charge in [-0.3, -0.25) is 9.52 Å². The summed E-state index contributed by atoms with van der Waals surface area (Å²) in [5.41, 5.74) is 6.72. The van der Waals surface area contributed by atoms with Gasteiger partial charge in [-0.2, -0.15) is 5.10 Å². The number of anilines is 1. The molecule has 1 aromatic heterocycles. The molecule has 0 aliphatic heterocycles. The lowest BCUT2D eigenvalue weighted by Gasteiger charge is -2.12. The Balaban J connectivity index is 1.75. The van der Waals surface area contributed by atoms with Crippen LogP contribution in [-0.2, 0) is 14.8 Å². The number of carbonyl (C=O) groups excluding carboxylic acids is 1. The lowest BCUT2D eigenvalue weighted by molar-refractivity contribution is -0.139. The Morgan fingerprint density at radius 3 is 2.43 bits per heavy atom. The Morgan fingerprint density at radius 2 is 1.87 bits per heavy atom.